The maximum Gasteiger partial charge on any atom is 0.0489 e. The number of hydrogen-bond acceptors (Lipinski definition) is 1. The zero-order valence-corrected chi connectivity index (χ0v) is 9.10. The Hall–Kier alpha value is 0.390. The van der Waals surface area contributed by atoms with E-state index in [1.807, 2.05) is 0 Å². The lowest BCUT2D eigenvalue weighted by atomic mass is 10.2. The van der Waals surface area contributed by atoms with Crippen LogP contribution in [0.2, 0.25) is 0 Å². The molecule has 2 heteroatoms. The quantitative estimate of drug-likeness (QED) is 0.580. The summed E-state index contributed by atoms with van der Waals surface area (Å²) < 4.78 is 5.36. The SMILES string of the molecule is CC(C)COCC(C)C.P. The van der Waals surface area contributed by atoms with Crippen LogP contribution in [0.4, 0.5) is 0 Å². The molecule has 0 rings (SSSR count). The van der Waals surface area contributed by atoms with Gasteiger partial charge in [-0.25, -0.2) is 0 Å². The standard InChI is InChI=1S/C8H18O.H3P/c1-7(2)5-9-6-8(3)4;/h7-8H,5-6H2,1-4H3;1H3. The highest BCUT2D eigenvalue weighted by atomic mass is 31.0. The van der Waals surface area contributed by atoms with Gasteiger partial charge >= 0.3 is 0 Å². The molecule has 0 N–H and O–H groups in total. The van der Waals surface area contributed by atoms with Gasteiger partial charge in [-0.15, -0.1) is 0 Å². The van der Waals surface area contributed by atoms with Gasteiger partial charge in [-0.1, -0.05) is 27.7 Å². The fourth-order valence-electron chi connectivity index (χ4n) is 0.539. The predicted octanol–water partition coefficient (Wildman–Crippen LogP) is 2.37. The second-order valence-corrected chi connectivity index (χ2v) is 3.33. The van der Waals surface area contributed by atoms with Crippen molar-refractivity contribution in [2.24, 2.45) is 11.8 Å². The molecule has 0 aliphatic rings. The van der Waals surface area contributed by atoms with Crippen LogP contribution in [0.5, 0.6) is 0 Å². The maximum atomic E-state index is 5.36. The van der Waals surface area contributed by atoms with E-state index in [4.69, 9.17) is 4.74 Å². The Morgan fingerprint density at radius 1 is 0.900 bits per heavy atom. The number of rotatable bonds is 4. The molecule has 0 aromatic rings. The van der Waals surface area contributed by atoms with Crippen LogP contribution in [0.1, 0.15) is 27.7 Å². The average molecular weight is 164 g/mol. The van der Waals surface area contributed by atoms with Crippen molar-refractivity contribution in [2.75, 3.05) is 13.2 Å². The van der Waals surface area contributed by atoms with Crippen molar-refractivity contribution in [3.63, 3.8) is 0 Å². The van der Waals surface area contributed by atoms with Gasteiger partial charge in [-0.05, 0) is 11.8 Å². The lowest BCUT2D eigenvalue weighted by Gasteiger charge is -2.07. The van der Waals surface area contributed by atoms with Crippen LogP contribution >= 0.6 is 9.90 Å². The topological polar surface area (TPSA) is 9.23 Å². The molecule has 1 nitrogen and oxygen atoms in total. The Balaban J connectivity index is 0. The van der Waals surface area contributed by atoms with Crippen LogP contribution in [-0.2, 0) is 4.74 Å². The largest absolute Gasteiger partial charge is 0.381 e. The summed E-state index contributed by atoms with van der Waals surface area (Å²) in [5, 5.41) is 0. The third-order valence-corrected chi connectivity index (χ3v) is 0.902. The number of ether oxygens (including phenoxy) is 1. The normalized spacial score (nSPS) is 10.2. The molecule has 1 unspecified atom stereocenters. The van der Waals surface area contributed by atoms with E-state index in [0.717, 1.165) is 13.2 Å². The maximum absolute atomic E-state index is 5.36. The summed E-state index contributed by atoms with van der Waals surface area (Å²) in [6, 6.07) is 0. The smallest absolute Gasteiger partial charge is 0.0489 e. The molecule has 0 saturated heterocycles. The van der Waals surface area contributed by atoms with Crippen molar-refractivity contribution in [2.45, 2.75) is 27.7 Å². The summed E-state index contributed by atoms with van der Waals surface area (Å²) in [5.41, 5.74) is 0. The lowest BCUT2D eigenvalue weighted by molar-refractivity contribution is 0.0886. The van der Waals surface area contributed by atoms with Gasteiger partial charge in [0.15, 0.2) is 0 Å². The van der Waals surface area contributed by atoms with Crippen molar-refractivity contribution in [1.82, 2.24) is 0 Å². The molecule has 0 spiro atoms. The minimum absolute atomic E-state index is 0. The summed E-state index contributed by atoms with van der Waals surface area (Å²) >= 11 is 0. The van der Waals surface area contributed by atoms with Crippen LogP contribution in [0, 0.1) is 11.8 Å². The zero-order valence-electron chi connectivity index (χ0n) is 7.68. The van der Waals surface area contributed by atoms with Crippen LogP contribution in [0.3, 0.4) is 0 Å². The Labute approximate surface area is 68.2 Å². The van der Waals surface area contributed by atoms with Gasteiger partial charge in [0.25, 0.3) is 0 Å². The molecule has 1 atom stereocenters. The van der Waals surface area contributed by atoms with Crippen LogP contribution in [0.25, 0.3) is 0 Å². The van der Waals surface area contributed by atoms with Crippen LogP contribution in [0.15, 0.2) is 0 Å². The van der Waals surface area contributed by atoms with E-state index in [2.05, 4.69) is 27.7 Å². The molecule has 10 heavy (non-hydrogen) atoms. The first-order valence-electron chi connectivity index (χ1n) is 3.70. The van der Waals surface area contributed by atoms with Gasteiger partial charge in [0.1, 0.15) is 0 Å². The molecular formula is C8H21OP. The molecule has 0 aromatic heterocycles. The van der Waals surface area contributed by atoms with Crippen molar-refractivity contribution in [1.29, 1.82) is 0 Å². The van der Waals surface area contributed by atoms with Crippen LogP contribution < -0.4 is 0 Å². The summed E-state index contributed by atoms with van der Waals surface area (Å²) in [7, 11) is 0. The first-order chi connectivity index (χ1) is 4.13. The van der Waals surface area contributed by atoms with E-state index >= 15 is 0 Å². The summed E-state index contributed by atoms with van der Waals surface area (Å²) in [4.78, 5) is 0. The lowest BCUT2D eigenvalue weighted by Crippen LogP contribution is -2.06. The van der Waals surface area contributed by atoms with Gasteiger partial charge in [0.2, 0.25) is 0 Å². The van der Waals surface area contributed by atoms with Crippen molar-refractivity contribution < 1.29 is 4.74 Å². The number of hydrogen-bond donors (Lipinski definition) is 0. The van der Waals surface area contributed by atoms with Crippen LogP contribution in [-0.4, -0.2) is 13.2 Å². The first-order valence-corrected chi connectivity index (χ1v) is 3.70. The van der Waals surface area contributed by atoms with E-state index in [1.165, 1.54) is 0 Å². The summed E-state index contributed by atoms with van der Waals surface area (Å²) in [6.45, 7) is 10.5. The molecule has 0 saturated carbocycles. The molecule has 0 fully saturated rings. The Bertz CT molecular complexity index is 54.3. The highest BCUT2D eigenvalue weighted by molar-refractivity contribution is 6.92. The fourth-order valence-corrected chi connectivity index (χ4v) is 0.539. The Morgan fingerprint density at radius 3 is 1.40 bits per heavy atom. The van der Waals surface area contributed by atoms with Gasteiger partial charge in [0, 0.05) is 13.2 Å². The zero-order chi connectivity index (χ0) is 7.28. The van der Waals surface area contributed by atoms with E-state index in [9.17, 15) is 0 Å². The van der Waals surface area contributed by atoms with E-state index in [0.29, 0.717) is 11.8 Å². The Morgan fingerprint density at radius 2 is 1.20 bits per heavy atom. The van der Waals surface area contributed by atoms with Crippen molar-refractivity contribution in [3.8, 4) is 0 Å². The second-order valence-electron chi connectivity index (χ2n) is 3.33. The second kappa shape index (κ2) is 7.50. The fraction of sp³-hybridized carbons (Fsp3) is 1.00. The molecule has 0 amide bonds. The molecule has 0 aromatic carbocycles. The van der Waals surface area contributed by atoms with Gasteiger partial charge < -0.3 is 4.74 Å². The molecule has 0 aliphatic carbocycles. The summed E-state index contributed by atoms with van der Waals surface area (Å²) in [6.07, 6.45) is 0. The third kappa shape index (κ3) is 11.2. The molecule has 64 valence electrons. The minimum atomic E-state index is 0. The van der Waals surface area contributed by atoms with Crippen molar-refractivity contribution >= 4 is 9.90 Å². The third-order valence-electron chi connectivity index (χ3n) is 0.902. The minimum Gasteiger partial charge on any atom is -0.381 e. The highest BCUT2D eigenvalue weighted by Gasteiger charge is 1.95. The van der Waals surface area contributed by atoms with E-state index < -0.39 is 0 Å². The molecule has 0 heterocycles. The molecular weight excluding hydrogens is 143 g/mol. The van der Waals surface area contributed by atoms with Gasteiger partial charge in [-0.2, -0.15) is 9.90 Å². The van der Waals surface area contributed by atoms with E-state index in [-0.39, 0.29) is 9.90 Å². The van der Waals surface area contributed by atoms with Crippen molar-refractivity contribution in [3.05, 3.63) is 0 Å². The Kier molecular flexibility index (Phi) is 9.76. The molecule has 0 radical (unpaired) electrons. The van der Waals surface area contributed by atoms with Gasteiger partial charge in [0.05, 0.1) is 0 Å². The van der Waals surface area contributed by atoms with Gasteiger partial charge in [-0.3, -0.25) is 0 Å². The molecule has 0 aliphatic heterocycles. The molecule has 0 bridgehead atoms. The monoisotopic (exact) mass is 164 g/mol. The average Bonchev–Trinajstić information content (AvgIpc) is 1.63. The predicted molar refractivity (Wildman–Crippen MR) is 51.6 cm³/mol. The summed E-state index contributed by atoms with van der Waals surface area (Å²) in [5.74, 6) is 1.34. The van der Waals surface area contributed by atoms with E-state index in [1.54, 1.807) is 0 Å². The highest BCUT2D eigenvalue weighted by Crippen LogP contribution is 1.96. The first kappa shape index (κ1) is 13.0.